The molecule has 0 fully saturated rings. The minimum absolute atomic E-state index is 0.0548. The lowest BCUT2D eigenvalue weighted by Crippen LogP contribution is -2.56. The van der Waals surface area contributed by atoms with Crippen molar-refractivity contribution in [1.29, 1.82) is 0 Å². The largest absolute Gasteiger partial charge is 0.480 e. The molecule has 1 aliphatic rings. The molecule has 1 N–H and O–H groups in total. The molecule has 19 heavy (non-hydrogen) atoms. The van der Waals surface area contributed by atoms with Crippen LogP contribution in [0.3, 0.4) is 0 Å². The Bertz CT molecular complexity index is 557. The van der Waals surface area contributed by atoms with E-state index in [1.807, 2.05) is 12.1 Å². The van der Waals surface area contributed by atoms with Crippen LogP contribution in [-0.2, 0) is 9.59 Å². The number of halogens is 1. The van der Waals surface area contributed by atoms with Gasteiger partial charge in [-0.25, -0.2) is 4.79 Å². The van der Waals surface area contributed by atoms with E-state index in [0.29, 0.717) is 5.69 Å². The van der Waals surface area contributed by atoms with Crippen LogP contribution in [0, 0.1) is 0 Å². The molecule has 2 rings (SSSR count). The van der Waals surface area contributed by atoms with E-state index < -0.39 is 11.5 Å². The normalized spacial score (nSPS) is 15.5. The molecule has 1 aliphatic heterocycles. The van der Waals surface area contributed by atoms with Crippen LogP contribution >= 0.6 is 15.9 Å². The first-order valence-electron chi connectivity index (χ1n) is 5.82. The Hall–Kier alpha value is -1.56. The second kappa shape index (κ2) is 4.52. The van der Waals surface area contributed by atoms with E-state index in [2.05, 4.69) is 15.9 Å². The van der Waals surface area contributed by atoms with Gasteiger partial charge in [0.25, 0.3) is 0 Å². The number of fused-ring (bicyclic) bond motifs is 1. The monoisotopic (exact) mass is 326 g/mol. The molecule has 0 aromatic heterocycles. The Kier molecular flexibility index (Phi) is 3.30. The molecule has 1 aromatic rings. The van der Waals surface area contributed by atoms with Gasteiger partial charge in [-0.1, -0.05) is 15.9 Å². The van der Waals surface area contributed by atoms with Gasteiger partial charge in [0.2, 0.25) is 5.91 Å². The lowest BCUT2D eigenvalue weighted by atomic mass is 9.99. The van der Waals surface area contributed by atoms with E-state index in [4.69, 9.17) is 0 Å². The van der Waals surface area contributed by atoms with E-state index in [1.165, 1.54) is 0 Å². The molecule has 0 aliphatic carbocycles. The summed E-state index contributed by atoms with van der Waals surface area (Å²) in [5, 5.41) is 9.36. The summed E-state index contributed by atoms with van der Waals surface area (Å²) in [5.74, 6) is -1.08. The maximum atomic E-state index is 12.0. The van der Waals surface area contributed by atoms with Gasteiger partial charge < -0.3 is 14.9 Å². The second-order valence-corrected chi connectivity index (χ2v) is 5.95. The number of carbonyl (C=O) groups excluding carboxylic acids is 1. The zero-order valence-electron chi connectivity index (χ0n) is 11.0. The van der Waals surface area contributed by atoms with Crippen LogP contribution in [0.25, 0.3) is 0 Å². The summed E-state index contributed by atoms with van der Waals surface area (Å²) in [4.78, 5) is 26.6. The van der Waals surface area contributed by atoms with Gasteiger partial charge in [-0.05, 0) is 32.0 Å². The van der Waals surface area contributed by atoms with Crippen LogP contribution in [0.1, 0.15) is 13.8 Å². The van der Waals surface area contributed by atoms with Crippen molar-refractivity contribution in [2.45, 2.75) is 19.4 Å². The van der Waals surface area contributed by atoms with Gasteiger partial charge >= 0.3 is 5.97 Å². The molecule has 5 nitrogen and oxygen atoms in total. The van der Waals surface area contributed by atoms with E-state index in [1.54, 1.807) is 36.8 Å². The van der Waals surface area contributed by atoms with Crippen molar-refractivity contribution in [1.82, 2.24) is 0 Å². The third-order valence-corrected chi connectivity index (χ3v) is 3.95. The van der Waals surface area contributed by atoms with Crippen molar-refractivity contribution in [2.24, 2.45) is 0 Å². The summed E-state index contributed by atoms with van der Waals surface area (Å²) in [6.07, 6.45) is 0. The smallest absolute Gasteiger partial charge is 0.328 e. The van der Waals surface area contributed by atoms with Gasteiger partial charge in [0, 0.05) is 11.5 Å². The van der Waals surface area contributed by atoms with Crippen LogP contribution in [0.2, 0.25) is 0 Å². The quantitative estimate of drug-likeness (QED) is 0.904. The zero-order chi connectivity index (χ0) is 14.4. The molecule has 6 heteroatoms. The number of carbonyl (C=O) groups is 2. The lowest BCUT2D eigenvalue weighted by Gasteiger charge is -2.42. The maximum absolute atomic E-state index is 12.0. The second-order valence-electron chi connectivity index (χ2n) is 5.04. The number of aliphatic carboxylic acids is 1. The average Bonchev–Trinajstić information content (AvgIpc) is 2.33. The molecule has 0 saturated heterocycles. The molecular formula is C13H15BrN2O3. The summed E-state index contributed by atoms with van der Waals surface area (Å²) in [6, 6.07) is 5.48. The van der Waals surface area contributed by atoms with Gasteiger partial charge in [0.1, 0.15) is 5.54 Å². The van der Waals surface area contributed by atoms with E-state index in [0.717, 1.165) is 10.2 Å². The molecule has 0 bridgehead atoms. The van der Waals surface area contributed by atoms with Gasteiger partial charge in [-0.2, -0.15) is 0 Å². The Labute approximate surface area is 119 Å². The molecule has 1 amide bonds. The van der Waals surface area contributed by atoms with E-state index in [-0.39, 0.29) is 12.5 Å². The van der Waals surface area contributed by atoms with Crippen LogP contribution in [-0.4, -0.2) is 36.1 Å². The minimum atomic E-state index is -1.15. The summed E-state index contributed by atoms with van der Waals surface area (Å²) in [5.41, 5.74) is 0.310. The highest BCUT2D eigenvalue weighted by Gasteiger charge is 2.40. The van der Waals surface area contributed by atoms with Crippen molar-refractivity contribution < 1.29 is 14.7 Å². The molecule has 0 atom stereocenters. The van der Waals surface area contributed by atoms with Gasteiger partial charge in [-0.3, -0.25) is 4.79 Å². The first-order valence-corrected chi connectivity index (χ1v) is 6.61. The highest BCUT2D eigenvalue weighted by Crippen LogP contribution is 2.38. The number of amides is 1. The molecule has 102 valence electrons. The molecule has 0 radical (unpaired) electrons. The minimum Gasteiger partial charge on any atom is -0.480 e. The first-order chi connectivity index (χ1) is 8.75. The SMILES string of the molecule is CN1C(=O)CN(C(C)(C)C(=O)O)c2cc(Br)ccc21. The highest BCUT2D eigenvalue weighted by molar-refractivity contribution is 9.10. The molecule has 0 spiro atoms. The summed E-state index contributed by atoms with van der Waals surface area (Å²) >= 11 is 3.38. The fourth-order valence-electron chi connectivity index (χ4n) is 2.07. The number of anilines is 2. The summed E-state index contributed by atoms with van der Waals surface area (Å²) < 4.78 is 0.847. The predicted molar refractivity (Wildman–Crippen MR) is 76.6 cm³/mol. The Balaban J connectivity index is 2.60. The molecule has 1 aromatic carbocycles. The van der Waals surface area contributed by atoms with Crippen LogP contribution in [0.15, 0.2) is 22.7 Å². The topological polar surface area (TPSA) is 60.9 Å². The Morgan fingerprint density at radius 1 is 1.37 bits per heavy atom. The van der Waals surface area contributed by atoms with E-state index in [9.17, 15) is 14.7 Å². The summed E-state index contributed by atoms with van der Waals surface area (Å²) in [6.45, 7) is 3.25. The van der Waals surface area contributed by atoms with Crippen molar-refractivity contribution in [3.8, 4) is 0 Å². The number of nitrogens with zero attached hydrogens (tertiary/aromatic N) is 2. The van der Waals surface area contributed by atoms with Crippen LogP contribution in [0.4, 0.5) is 11.4 Å². The highest BCUT2D eigenvalue weighted by atomic mass is 79.9. The molecular weight excluding hydrogens is 312 g/mol. The van der Waals surface area contributed by atoms with Gasteiger partial charge in [0.15, 0.2) is 0 Å². The number of hydrogen-bond donors (Lipinski definition) is 1. The fourth-order valence-corrected chi connectivity index (χ4v) is 2.42. The van der Waals surface area contributed by atoms with Crippen molar-refractivity contribution in [2.75, 3.05) is 23.4 Å². The fraction of sp³-hybridized carbons (Fsp3) is 0.385. The Morgan fingerprint density at radius 2 is 2.00 bits per heavy atom. The molecule has 0 unspecified atom stereocenters. The molecule has 0 saturated carbocycles. The lowest BCUT2D eigenvalue weighted by molar-refractivity contribution is -0.142. The van der Waals surface area contributed by atoms with Crippen molar-refractivity contribution >= 4 is 39.2 Å². The average molecular weight is 327 g/mol. The number of likely N-dealkylation sites (N-methyl/N-ethyl adjacent to an activating group) is 1. The number of benzene rings is 1. The Morgan fingerprint density at radius 3 is 2.58 bits per heavy atom. The first kappa shape index (κ1) is 13.9. The number of rotatable bonds is 2. The van der Waals surface area contributed by atoms with Crippen molar-refractivity contribution in [3.63, 3.8) is 0 Å². The van der Waals surface area contributed by atoms with Crippen LogP contribution in [0.5, 0.6) is 0 Å². The third kappa shape index (κ3) is 2.20. The number of hydrogen-bond acceptors (Lipinski definition) is 3. The number of carboxylic acids is 1. The third-order valence-electron chi connectivity index (χ3n) is 3.46. The molecule has 1 heterocycles. The maximum Gasteiger partial charge on any atom is 0.328 e. The zero-order valence-corrected chi connectivity index (χ0v) is 12.6. The van der Waals surface area contributed by atoms with Gasteiger partial charge in [0.05, 0.1) is 17.9 Å². The van der Waals surface area contributed by atoms with Gasteiger partial charge in [-0.15, -0.1) is 0 Å². The number of carboxylic acid groups (broad SMARTS) is 1. The van der Waals surface area contributed by atoms with Crippen molar-refractivity contribution in [3.05, 3.63) is 22.7 Å². The predicted octanol–water partition coefficient (Wildman–Crippen LogP) is 2.10. The standard InChI is InChI=1S/C13H15BrN2O3/c1-13(2,12(18)19)16-7-11(17)15(3)9-5-4-8(14)6-10(9)16/h4-6H,7H2,1-3H3,(H,18,19). The summed E-state index contributed by atoms with van der Waals surface area (Å²) in [7, 11) is 1.69. The van der Waals surface area contributed by atoms with E-state index >= 15 is 0 Å². The van der Waals surface area contributed by atoms with Crippen LogP contribution < -0.4 is 9.80 Å².